The van der Waals surface area contributed by atoms with E-state index in [0.29, 0.717) is 0 Å². The lowest BCUT2D eigenvalue weighted by molar-refractivity contribution is 1.16. The van der Waals surface area contributed by atoms with Crippen LogP contribution in [-0.2, 0) is 0 Å². The van der Waals surface area contributed by atoms with E-state index >= 15 is 0 Å². The van der Waals surface area contributed by atoms with Gasteiger partial charge in [-0.05, 0) is 30.7 Å². The molecule has 1 aromatic heterocycles. The molecule has 3 heteroatoms. The van der Waals surface area contributed by atoms with E-state index in [4.69, 9.17) is 5.26 Å². The molecule has 2 nitrogen and oxygen atoms in total. The highest BCUT2D eigenvalue weighted by Gasteiger charge is 2.13. The van der Waals surface area contributed by atoms with Crippen molar-refractivity contribution in [3.63, 3.8) is 0 Å². The van der Waals surface area contributed by atoms with Crippen molar-refractivity contribution in [1.29, 1.82) is 5.26 Å². The Labute approximate surface area is 104 Å². The summed E-state index contributed by atoms with van der Waals surface area (Å²) in [5.41, 5.74) is 4.13. The molecule has 0 N–H and O–H groups in total. The smallest absolute Gasteiger partial charge is 0.104 e. The Morgan fingerprint density at radius 3 is 3.06 bits per heavy atom. The third-order valence-electron chi connectivity index (χ3n) is 2.80. The predicted molar refractivity (Wildman–Crippen MR) is 70.8 cm³/mol. The molecule has 0 saturated carbocycles. The standard InChI is InChI=1S/C14H10N2S/c1-9-2-3-11-6-12-5-10(7-15)8-17-14(12)16-13(11)4-9/h2-6H,8H2,1H3. The number of thioether (sulfide) groups is 1. The van der Waals surface area contributed by atoms with Gasteiger partial charge in [0, 0.05) is 22.3 Å². The summed E-state index contributed by atoms with van der Waals surface area (Å²) in [5.74, 6) is 0.730. The van der Waals surface area contributed by atoms with Gasteiger partial charge >= 0.3 is 0 Å². The minimum absolute atomic E-state index is 0.730. The van der Waals surface area contributed by atoms with Gasteiger partial charge in [-0.2, -0.15) is 5.26 Å². The number of hydrogen-bond donors (Lipinski definition) is 0. The number of aromatic nitrogens is 1. The van der Waals surface area contributed by atoms with Crippen molar-refractivity contribution in [2.45, 2.75) is 11.9 Å². The molecule has 0 amide bonds. The Balaban J connectivity index is 2.25. The first-order chi connectivity index (χ1) is 8.26. The van der Waals surface area contributed by atoms with Crippen LogP contribution in [0.25, 0.3) is 17.0 Å². The number of fused-ring (bicyclic) bond motifs is 2. The summed E-state index contributed by atoms with van der Waals surface area (Å²) in [4.78, 5) is 4.65. The van der Waals surface area contributed by atoms with E-state index in [1.807, 2.05) is 6.08 Å². The van der Waals surface area contributed by atoms with E-state index in [1.165, 1.54) is 5.56 Å². The molecule has 0 atom stereocenters. The Kier molecular flexibility index (Phi) is 2.38. The van der Waals surface area contributed by atoms with Crippen molar-refractivity contribution >= 4 is 28.7 Å². The topological polar surface area (TPSA) is 36.7 Å². The average molecular weight is 238 g/mol. The maximum absolute atomic E-state index is 8.91. The van der Waals surface area contributed by atoms with E-state index in [1.54, 1.807) is 11.8 Å². The lowest BCUT2D eigenvalue weighted by Crippen LogP contribution is -1.97. The van der Waals surface area contributed by atoms with Gasteiger partial charge in [-0.25, -0.2) is 4.98 Å². The minimum Gasteiger partial charge on any atom is -0.241 e. The van der Waals surface area contributed by atoms with Crippen LogP contribution in [0.2, 0.25) is 0 Å². The van der Waals surface area contributed by atoms with Crippen LogP contribution in [0.5, 0.6) is 0 Å². The molecule has 17 heavy (non-hydrogen) atoms. The summed E-state index contributed by atoms with van der Waals surface area (Å²) in [6, 6.07) is 10.6. The first kappa shape index (κ1) is 10.4. The predicted octanol–water partition coefficient (Wildman–Crippen LogP) is 3.56. The lowest BCUT2D eigenvalue weighted by atomic mass is 10.1. The molecule has 0 spiro atoms. The number of benzene rings is 1. The van der Waals surface area contributed by atoms with Crippen LogP contribution in [0.1, 0.15) is 11.1 Å². The second kappa shape index (κ2) is 3.90. The number of aryl methyl sites for hydroxylation is 1. The van der Waals surface area contributed by atoms with Crippen LogP contribution in [0, 0.1) is 18.3 Å². The molecule has 2 aromatic rings. The van der Waals surface area contributed by atoms with Crippen molar-refractivity contribution in [2.75, 3.05) is 5.75 Å². The SMILES string of the molecule is Cc1ccc2cc3c(nc2c1)SCC(C#N)=C3. The molecule has 0 radical (unpaired) electrons. The van der Waals surface area contributed by atoms with Crippen LogP contribution in [0.3, 0.4) is 0 Å². The highest BCUT2D eigenvalue weighted by Crippen LogP contribution is 2.32. The maximum Gasteiger partial charge on any atom is 0.104 e. The molecule has 1 aliphatic rings. The zero-order valence-corrected chi connectivity index (χ0v) is 10.2. The summed E-state index contributed by atoms with van der Waals surface area (Å²) >= 11 is 1.64. The molecule has 82 valence electrons. The zero-order valence-electron chi connectivity index (χ0n) is 9.40. The van der Waals surface area contributed by atoms with Crippen LogP contribution < -0.4 is 0 Å². The minimum atomic E-state index is 0.730. The van der Waals surface area contributed by atoms with E-state index in [-0.39, 0.29) is 0 Å². The number of nitriles is 1. The molecule has 1 aliphatic heterocycles. The van der Waals surface area contributed by atoms with E-state index < -0.39 is 0 Å². The maximum atomic E-state index is 8.91. The van der Waals surface area contributed by atoms with Gasteiger partial charge in [-0.3, -0.25) is 0 Å². The summed E-state index contributed by atoms with van der Waals surface area (Å²) < 4.78 is 0. The fraction of sp³-hybridized carbons (Fsp3) is 0.143. The molecule has 0 bridgehead atoms. The lowest BCUT2D eigenvalue weighted by Gasteiger charge is -2.12. The molecule has 0 unspecified atom stereocenters. The molecule has 0 saturated heterocycles. The quantitative estimate of drug-likeness (QED) is 0.704. The van der Waals surface area contributed by atoms with Gasteiger partial charge in [0.1, 0.15) is 5.03 Å². The third kappa shape index (κ3) is 1.81. The van der Waals surface area contributed by atoms with Gasteiger partial charge in [-0.15, -0.1) is 11.8 Å². The molecule has 2 heterocycles. The van der Waals surface area contributed by atoms with Crippen LogP contribution in [0.15, 0.2) is 34.9 Å². The van der Waals surface area contributed by atoms with Crippen LogP contribution >= 0.6 is 11.8 Å². The van der Waals surface area contributed by atoms with E-state index in [9.17, 15) is 0 Å². The summed E-state index contributed by atoms with van der Waals surface area (Å²) in [6.45, 7) is 2.07. The fourth-order valence-corrected chi connectivity index (χ4v) is 2.82. The first-order valence-electron chi connectivity index (χ1n) is 5.41. The molecule has 1 aromatic carbocycles. The van der Waals surface area contributed by atoms with Gasteiger partial charge in [0.25, 0.3) is 0 Å². The van der Waals surface area contributed by atoms with Gasteiger partial charge in [0.05, 0.1) is 11.6 Å². The van der Waals surface area contributed by atoms with Gasteiger partial charge in [-0.1, -0.05) is 12.1 Å². The van der Waals surface area contributed by atoms with Crippen molar-refractivity contribution in [3.8, 4) is 6.07 Å². The van der Waals surface area contributed by atoms with Gasteiger partial charge in [0.2, 0.25) is 0 Å². The molecular formula is C14H10N2S. The van der Waals surface area contributed by atoms with Crippen molar-refractivity contribution in [3.05, 3.63) is 41.0 Å². The van der Waals surface area contributed by atoms with Crippen molar-refractivity contribution in [2.24, 2.45) is 0 Å². The van der Waals surface area contributed by atoms with Crippen molar-refractivity contribution < 1.29 is 0 Å². The van der Waals surface area contributed by atoms with Crippen molar-refractivity contribution in [1.82, 2.24) is 4.98 Å². The summed E-state index contributed by atoms with van der Waals surface area (Å²) in [5, 5.41) is 11.1. The van der Waals surface area contributed by atoms with Crippen LogP contribution in [0.4, 0.5) is 0 Å². The van der Waals surface area contributed by atoms with E-state index in [0.717, 1.165) is 32.8 Å². The van der Waals surface area contributed by atoms with Gasteiger partial charge in [0.15, 0.2) is 0 Å². The number of rotatable bonds is 0. The largest absolute Gasteiger partial charge is 0.241 e. The Morgan fingerprint density at radius 2 is 2.24 bits per heavy atom. The number of hydrogen-bond acceptors (Lipinski definition) is 3. The van der Waals surface area contributed by atoms with Gasteiger partial charge < -0.3 is 0 Å². The Morgan fingerprint density at radius 1 is 1.35 bits per heavy atom. The zero-order chi connectivity index (χ0) is 11.8. The highest BCUT2D eigenvalue weighted by atomic mass is 32.2. The number of pyridine rings is 1. The highest BCUT2D eigenvalue weighted by molar-refractivity contribution is 7.99. The normalized spacial score (nSPS) is 14.0. The molecule has 0 fully saturated rings. The molecule has 3 rings (SSSR count). The Hall–Kier alpha value is -1.79. The van der Waals surface area contributed by atoms with E-state index in [2.05, 4.69) is 42.2 Å². The summed E-state index contributed by atoms with van der Waals surface area (Å²) in [6.07, 6.45) is 1.94. The fourth-order valence-electron chi connectivity index (χ4n) is 1.93. The Bertz CT molecular complexity index is 680. The average Bonchev–Trinajstić information content (AvgIpc) is 2.35. The molecular weight excluding hydrogens is 228 g/mol. The first-order valence-corrected chi connectivity index (χ1v) is 6.40. The second-order valence-electron chi connectivity index (χ2n) is 4.15. The van der Waals surface area contributed by atoms with Crippen LogP contribution in [-0.4, -0.2) is 10.7 Å². The molecule has 0 aliphatic carbocycles. The number of nitrogens with zero attached hydrogens (tertiary/aromatic N) is 2. The monoisotopic (exact) mass is 238 g/mol. The summed E-state index contributed by atoms with van der Waals surface area (Å²) in [7, 11) is 0. The second-order valence-corrected chi connectivity index (χ2v) is 5.11. The third-order valence-corrected chi connectivity index (χ3v) is 3.86.